The molecule has 1 heterocycles. The summed E-state index contributed by atoms with van der Waals surface area (Å²) in [5.74, 6) is -1.33. The monoisotopic (exact) mass is 561 g/mol. The molecule has 0 fully saturated rings. The van der Waals surface area contributed by atoms with Crippen LogP contribution in [-0.2, 0) is 34.6 Å². The van der Waals surface area contributed by atoms with E-state index < -0.39 is 70.7 Å². The van der Waals surface area contributed by atoms with E-state index >= 15 is 0 Å². The first-order valence-corrected chi connectivity index (χ1v) is 11.1. The van der Waals surface area contributed by atoms with E-state index in [1.165, 1.54) is 20.8 Å². The van der Waals surface area contributed by atoms with Crippen LogP contribution in [0.2, 0.25) is 0 Å². The van der Waals surface area contributed by atoms with Crippen molar-refractivity contribution in [2.24, 2.45) is 10.4 Å². The molecule has 0 saturated heterocycles. The van der Waals surface area contributed by atoms with Gasteiger partial charge in [-0.3, -0.25) is 9.36 Å². The van der Waals surface area contributed by atoms with Crippen molar-refractivity contribution in [1.82, 2.24) is 9.55 Å². The quantitative estimate of drug-likeness (QED) is 0.210. The Morgan fingerprint density at radius 2 is 1.58 bits per heavy atom. The number of benzene rings is 1. The summed E-state index contributed by atoms with van der Waals surface area (Å²) in [6, 6.07) is 0.980. The lowest BCUT2D eigenvalue weighted by molar-refractivity contribution is -0.160. The lowest BCUT2D eigenvalue weighted by Gasteiger charge is -2.19. The first-order chi connectivity index (χ1) is 17.2. The van der Waals surface area contributed by atoms with Crippen molar-refractivity contribution in [1.29, 1.82) is 0 Å². The second-order valence-corrected chi connectivity index (χ2v) is 9.07. The van der Waals surface area contributed by atoms with Gasteiger partial charge in [-0.15, -0.1) is 0 Å². The first-order valence-electron chi connectivity index (χ1n) is 11.1. The predicted molar refractivity (Wildman–Crippen MR) is 115 cm³/mol. The minimum Gasteiger partial charge on any atom is -0.442 e. The molecule has 0 amide bonds. The van der Waals surface area contributed by atoms with Gasteiger partial charge in [0.15, 0.2) is 5.69 Å². The molecule has 1 aromatic heterocycles. The molecule has 1 aromatic carbocycles. The molecule has 0 aliphatic carbocycles. The molecule has 38 heavy (non-hydrogen) atoms. The van der Waals surface area contributed by atoms with Crippen LogP contribution in [-0.4, -0.2) is 22.3 Å². The van der Waals surface area contributed by atoms with Gasteiger partial charge in [-0.25, -0.2) is 9.98 Å². The van der Waals surface area contributed by atoms with Crippen molar-refractivity contribution in [3.8, 4) is 5.88 Å². The van der Waals surface area contributed by atoms with E-state index in [-0.39, 0.29) is 19.0 Å². The van der Waals surface area contributed by atoms with Crippen molar-refractivity contribution in [3.05, 3.63) is 46.7 Å². The summed E-state index contributed by atoms with van der Waals surface area (Å²) in [5.41, 5.74) is -8.00. The highest BCUT2D eigenvalue weighted by atomic mass is 19.4. The Hall–Kier alpha value is -3.26. The number of unbranched alkanes of at least 4 members (excludes halogenated alkanes) is 1. The van der Waals surface area contributed by atoms with Crippen LogP contribution in [0.5, 0.6) is 5.88 Å². The van der Waals surface area contributed by atoms with Crippen LogP contribution in [0.4, 0.5) is 45.2 Å². The van der Waals surface area contributed by atoms with Gasteiger partial charge in [0, 0.05) is 12.6 Å². The number of carbonyl (C=O) groups is 1. The fourth-order valence-corrected chi connectivity index (χ4v) is 2.87. The van der Waals surface area contributed by atoms with Crippen LogP contribution in [0.15, 0.2) is 29.3 Å². The maximum Gasteiger partial charge on any atom is 0.433 e. The number of alkyl halides is 9. The van der Waals surface area contributed by atoms with Crippen LogP contribution in [0.1, 0.15) is 57.4 Å². The molecule has 15 heteroatoms. The Morgan fingerprint density at radius 1 is 0.947 bits per heavy atom. The number of aromatic nitrogens is 2. The van der Waals surface area contributed by atoms with Gasteiger partial charge in [0.05, 0.1) is 22.2 Å². The van der Waals surface area contributed by atoms with E-state index in [1.54, 1.807) is 6.92 Å². The summed E-state index contributed by atoms with van der Waals surface area (Å²) in [6.07, 6.45) is -14.8. The molecule has 0 spiro atoms. The maximum atomic E-state index is 13.6. The van der Waals surface area contributed by atoms with Gasteiger partial charge in [-0.2, -0.15) is 39.5 Å². The van der Waals surface area contributed by atoms with E-state index in [1.807, 2.05) is 0 Å². The number of hydrogen-bond donors (Lipinski definition) is 0. The van der Waals surface area contributed by atoms with Crippen LogP contribution in [0.25, 0.3) is 0 Å². The number of rotatable bonds is 7. The van der Waals surface area contributed by atoms with Gasteiger partial charge in [-0.1, -0.05) is 13.3 Å². The number of esters is 1. The van der Waals surface area contributed by atoms with Crippen molar-refractivity contribution >= 4 is 11.7 Å². The van der Waals surface area contributed by atoms with Crippen molar-refractivity contribution < 1.29 is 53.8 Å². The zero-order valence-electron chi connectivity index (χ0n) is 20.6. The molecule has 0 radical (unpaired) electrons. The molecule has 2 aromatic rings. The zero-order chi connectivity index (χ0) is 29.1. The minimum absolute atomic E-state index is 0.134. The summed E-state index contributed by atoms with van der Waals surface area (Å²) in [5, 5.41) is 0. The predicted octanol–water partition coefficient (Wildman–Crippen LogP) is 6.90. The second-order valence-electron chi connectivity index (χ2n) is 9.07. The normalized spacial score (nSPS) is 13.6. The number of hydrogen-bond acceptors (Lipinski definition) is 5. The average molecular weight is 561 g/mol. The van der Waals surface area contributed by atoms with E-state index in [2.05, 4.69) is 9.98 Å². The van der Waals surface area contributed by atoms with Crippen molar-refractivity contribution in [2.45, 2.75) is 65.6 Å². The fourth-order valence-electron chi connectivity index (χ4n) is 2.87. The number of ether oxygens (including phenoxy) is 2. The van der Waals surface area contributed by atoms with Crippen LogP contribution < -0.4 is 10.4 Å². The van der Waals surface area contributed by atoms with Crippen LogP contribution in [0.3, 0.4) is 0 Å². The second kappa shape index (κ2) is 11.2. The summed E-state index contributed by atoms with van der Waals surface area (Å²) in [7, 11) is 0. The van der Waals surface area contributed by atoms with Crippen molar-refractivity contribution in [3.63, 3.8) is 0 Å². The van der Waals surface area contributed by atoms with Crippen LogP contribution >= 0.6 is 0 Å². The first kappa shape index (κ1) is 31.0. The van der Waals surface area contributed by atoms with E-state index in [0.717, 1.165) is 4.57 Å². The minimum atomic E-state index is -5.32. The highest BCUT2D eigenvalue weighted by Gasteiger charge is 2.39. The third kappa shape index (κ3) is 8.12. The summed E-state index contributed by atoms with van der Waals surface area (Å²) in [4.78, 5) is 18.9. The van der Waals surface area contributed by atoms with Gasteiger partial charge in [0.2, 0.25) is 18.3 Å². The summed E-state index contributed by atoms with van der Waals surface area (Å²) < 4.78 is 132. The molecular weight excluding hydrogens is 537 g/mol. The lowest BCUT2D eigenvalue weighted by atomic mass is 9.98. The Kier molecular flexibility index (Phi) is 9.15. The summed E-state index contributed by atoms with van der Waals surface area (Å²) in [6.45, 7) is 5.30. The third-order valence-electron chi connectivity index (χ3n) is 4.87. The number of nitrogens with zero attached hydrogens (tertiary/aromatic N) is 3. The standard InChI is InChI=1S/C23H24F9N3O3/c1-5-6-9-35-17(37-12-38-18(36)20(2,3)4)11-16(23(30,31)32)34-19(35)33-15-8-7-13(21(24,25)26)10-14(15)22(27,28)29/h7-8,10-11H,5-6,9,12H2,1-4H3. The molecule has 0 bridgehead atoms. The average Bonchev–Trinajstić information content (AvgIpc) is 2.75. The number of carbonyl (C=O) groups excluding carboxylic acids is 1. The molecule has 6 nitrogen and oxygen atoms in total. The largest absolute Gasteiger partial charge is 0.442 e. The van der Waals surface area contributed by atoms with Crippen molar-refractivity contribution in [2.75, 3.05) is 6.79 Å². The van der Waals surface area contributed by atoms with Gasteiger partial charge in [-0.05, 0) is 45.4 Å². The molecule has 0 unspecified atom stereocenters. The Balaban J connectivity index is 2.77. The van der Waals surface area contributed by atoms with Gasteiger partial charge in [0.1, 0.15) is 0 Å². The van der Waals surface area contributed by atoms with Gasteiger partial charge in [0.25, 0.3) is 0 Å². The topological polar surface area (TPSA) is 65.7 Å². The zero-order valence-corrected chi connectivity index (χ0v) is 20.6. The molecule has 0 aliphatic heterocycles. The fraction of sp³-hybridized carbons (Fsp3) is 0.522. The smallest absolute Gasteiger partial charge is 0.433 e. The lowest BCUT2D eigenvalue weighted by Crippen LogP contribution is -2.31. The molecule has 212 valence electrons. The van der Waals surface area contributed by atoms with E-state index in [4.69, 9.17) is 9.47 Å². The molecule has 0 aliphatic rings. The Morgan fingerprint density at radius 3 is 2.08 bits per heavy atom. The molecule has 0 saturated carbocycles. The van der Waals surface area contributed by atoms with Crippen LogP contribution in [0, 0.1) is 5.41 Å². The third-order valence-corrected chi connectivity index (χ3v) is 4.87. The van der Waals surface area contributed by atoms with E-state index in [0.29, 0.717) is 24.6 Å². The molecule has 0 N–H and O–H groups in total. The SMILES string of the molecule is CCCCn1c(OCOC(=O)C(C)(C)C)cc(C(F)(F)F)nc1=Nc1ccc(C(F)(F)F)cc1C(F)(F)F. The van der Waals surface area contributed by atoms with E-state index in [9.17, 15) is 44.3 Å². The molecule has 0 atom stereocenters. The highest BCUT2D eigenvalue weighted by molar-refractivity contribution is 5.75. The number of halogens is 9. The highest BCUT2D eigenvalue weighted by Crippen LogP contribution is 2.40. The van der Waals surface area contributed by atoms with Gasteiger partial charge >= 0.3 is 24.5 Å². The Labute approximate surface area is 211 Å². The maximum absolute atomic E-state index is 13.6. The van der Waals surface area contributed by atoms with Gasteiger partial charge < -0.3 is 9.47 Å². The molecular formula is C23H24F9N3O3. The summed E-state index contributed by atoms with van der Waals surface area (Å²) >= 11 is 0. The Bertz CT molecular complexity index is 1210. The molecule has 2 rings (SSSR count).